The highest BCUT2D eigenvalue weighted by Gasteiger charge is 2.30. The van der Waals surface area contributed by atoms with Gasteiger partial charge in [-0.15, -0.1) is 0 Å². The van der Waals surface area contributed by atoms with Gasteiger partial charge in [0.25, 0.3) is 0 Å². The number of carbonyl (C=O) groups excluding carboxylic acids is 1. The number of hydrogen-bond donors (Lipinski definition) is 3. The van der Waals surface area contributed by atoms with E-state index in [1.165, 1.54) is 57.8 Å². The summed E-state index contributed by atoms with van der Waals surface area (Å²) in [5.41, 5.74) is 0. The smallest absolute Gasteiger partial charge is 0.306 e. The van der Waals surface area contributed by atoms with E-state index in [1.54, 1.807) is 13.8 Å². The molecule has 0 fully saturated rings. The fourth-order valence-electron chi connectivity index (χ4n) is 3.69. The molecule has 0 aliphatic heterocycles. The molecule has 0 spiro atoms. The number of aliphatic hydroxyl groups is 3. The highest BCUT2D eigenvalue weighted by Crippen LogP contribution is 2.18. The van der Waals surface area contributed by atoms with Crippen molar-refractivity contribution >= 4 is 5.97 Å². The lowest BCUT2D eigenvalue weighted by atomic mass is 9.93. The lowest BCUT2D eigenvalue weighted by molar-refractivity contribution is -0.159. The second-order valence-corrected chi connectivity index (χ2v) is 8.87. The summed E-state index contributed by atoms with van der Waals surface area (Å²) in [7, 11) is 0. The Morgan fingerprint density at radius 3 is 1.87 bits per heavy atom. The summed E-state index contributed by atoms with van der Waals surface area (Å²) in [6.07, 6.45) is 18.4. The Morgan fingerprint density at radius 2 is 1.35 bits per heavy atom. The first kappa shape index (κ1) is 30.1. The van der Waals surface area contributed by atoms with Gasteiger partial charge in [0, 0.05) is 12.3 Å². The van der Waals surface area contributed by atoms with Crippen LogP contribution in [0, 0.1) is 5.92 Å². The fourth-order valence-corrected chi connectivity index (χ4v) is 3.69. The quantitative estimate of drug-likeness (QED) is 0.121. The number of rotatable bonds is 21. The van der Waals surface area contributed by atoms with E-state index >= 15 is 0 Å². The average molecular weight is 443 g/mol. The van der Waals surface area contributed by atoms with E-state index in [0.29, 0.717) is 12.8 Å². The molecule has 0 aromatic carbocycles. The number of aliphatic hydroxyl groups excluding tert-OH is 3. The summed E-state index contributed by atoms with van der Waals surface area (Å²) < 4.78 is 5.33. The van der Waals surface area contributed by atoms with Crippen molar-refractivity contribution in [2.75, 3.05) is 6.61 Å². The zero-order valence-corrected chi connectivity index (χ0v) is 20.4. The van der Waals surface area contributed by atoms with Gasteiger partial charge in [0.1, 0.15) is 6.10 Å². The number of allylic oxidation sites excluding steroid dienone is 2. The Bertz CT molecular complexity index is 438. The third-order valence-electron chi connectivity index (χ3n) is 6.04. The predicted molar refractivity (Wildman–Crippen MR) is 128 cm³/mol. The maximum absolute atomic E-state index is 12.0. The van der Waals surface area contributed by atoms with Crippen LogP contribution in [0.1, 0.15) is 117 Å². The second-order valence-electron chi connectivity index (χ2n) is 8.87. The monoisotopic (exact) mass is 442 g/mol. The van der Waals surface area contributed by atoms with Gasteiger partial charge in [-0.3, -0.25) is 4.79 Å². The second kappa shape index (κ2) is 21.0. The summed E-state index contributed by atoms with van der Waals surface area (Å²) in [6, 6.07) is 0. The van der Waals surface area contributed by atoms with Crippen molar-refractivity contribution in [3.8, 4) is 0 Å². The molecule has 0 aromatic rings. The van der Waals surface area contributed by atoms with Crippen LogP contribution in [0.3, 0.4) is 0 Å². The Labute approximate surface area is 191 Å². The molecular formula is C26H50O5. The first-order chi connectivity index (χ1) is 15.0. The molecule has 0 amide bonds. The van der Waals surface area contributed by atoms with E-state index in [0.717, 1.165) is 25.7 Å². The number of unbranched alkanes of at least 4 members (excludes halogenated alkanes) is 11. The zero-order chi connectivity index (χ0) is 23.3. The molecule has 0 saturated carbocycles. The molecule has 0 bridgehead atoms. The van der Waals surface area contributed by atoms with Crippen molar-refractivity contribution in [2.24, 2.45) is 5.92 Å². The van der Waals surface area contributed by atoms with Crippen LogP contribution in [0.5, 0.6) is 0 Å². The SMILES string of the molecule is CCCCCCCC/C=C\CCCCCCCC(=O)O[C@H](CO)[C@@H](C)[C@H](O)[C@@H](O)CC. The summed E-state index contributed by atoms with van der Waals surface area (Å²) in [5, 5.41) is 29.3. The Balaban J connectivity index is 3.69. The molecule has 4 atom stereocenters. The maximum Gasteiger partial charge on any atom is 0.306 e. The first-order valence-corrected chi connectivity index (χ1v) is 12.8. The Hall–Kier alpha value is -0.910. The number of ether oxygens (including phenoxy) is 1. The summed E-state index contributed by atoms with van der Waals surface area (Å²) in [6.45, 7) is 5.35. The van der Waals surface area contributed by atoms with E-state index in [9.17, 15) is 20.1 Å². The molecule has 0 unspecified atom stereocenters. The van der Waals surface area contributed by atoms with Gasteiger partial charge in [0.05, 0.1) is 18.8 Å². The molecular weight excluding hydrogens is 392 g/mol. The molecule has 0 aromatic heterocycles. The largest absolute Gasteiger partial charge is 0.460 e. The highest BCUT2D eigenvalue weighted by atomic mass is 16.6. The number of esters is 1. The molecule has 3 N–H and O–H groups in total. The fraction of sp³-hybridized carbons (Fsp3) is 0.885. The van der Waals surface area contributed by atoms with Crippen molar-refractivity contribution in [3.05, 3.63) is 12.2 Å². The first-order valence-electron chi connectivity index (χ1n) is 12.8. The minimum Gasteiger partial charge on any atom is -0.460 e. The van der Waals surface area contributed by atoms with Gasteiger partial charge in [-0.05, 0) is 38.5 Å². The van der Waals surface area contributed by atoms with Crippen molar-refractivity contribution in [2.45, 2.75) is 135 Å². The average Bonchev–Trinajstić information content (AvgIpc) is 2.78. The molecule has 0 aliphatic rings. The molecule has 184 valence electrons. The summed E-state index contributed by atoms with van der Waals surface area (Å²) in [4.78, 5) is 12.0. The van der Waals surface area contributed by atoms with Crippen LogP contribution in [0.15, 0.2) is 12.2 Å². The molecule has 0 radical (unpaired) electrons. The van der Waals surface area contributed by atoms with Crippen LogP contribution in [-0.4, -0.2) is 46.2 Å². The van der Waals surface area contributed by atoms with Gasteiger partial charge in [0.15, 0.2) is 0 Å². The molecule has 5 nitrogen and oxygen atoms in total. The van der Waals surface area contributed by atoms with Crippen molar-refractivity contribution in [1.82, 2.24) is 0 Å². The van der Waals surface area contributed by atoms with E-state index in [4.69, 9.17) is 4.74 Å². The highest BCUT2D eigenvalue weighted by molar-refractivity contribution is 5.69. The maximum atomic E-state index is 12.0. The van der Waals surface area contributed by atoms with Crippen molar-refractivity contribution in [1.29, 1.82) is 0 Å². The van der Waals surface area contributed by atoms with Gasteiger partial charge in [-0.25, -0.2) is 0 Å². The molecule has 0 rings (SSSR count). The summed E-state index contributed by atoms with van der Waals surface area (Å²) in [5.74, 6) is -0.861. The van der Waals surface area contributed by atoms with Crippen LogP contribution >= 0.6 is 0 Å². The van der Waals surface area contributed by atoms with Crippen LogP contribution in [0.4, 0.5) is 0 Å². The van der Waals surface area contributed by atoms with Crippen LogP contribution in [0.25, 0.3) is 0 Å². The molecule has 31 heavy (non-hydrogen) atoms. The van der Waals surface area contributed by atoms with E-state index in [1.807, 2.05) is 0 Å². The summed E-state index contributed by atoms with van der Waals surface area (Å²) >= 11 is 0. The van der Waals surface area contributed by atoms with Crippen molar-refractivity contribution in [3.63, 3.8) is 0 Å². The zero-order valence-electron chi connectivity index (χ0n) is 20.4. The van der Waals surface area contributed by atoms with E-state index in [-0.39, 0.29) is 12.6 Å². The van der Waals surface area contributed by atoms with Gasteiger partial charge in [0.2, 0.25) is 0 Å². The number of carbonyl (C=O) groups is 1. The molecule has 5 heteroatoms. The topological polar surface area (TPSA) is 87.0 Å². The third kappa shape index (κ3) is 16.4. The molecule has 0 saturated heterocycles. The van der Waals surface area contributed by atoms with Gasteiger partial charge >= 0.3 is 5.97 Å². The molecule has 0 heterocycles. The normalized spacial score (nSPS) is 15.7. The van der Waals surface area contributed by atoms with E-state index in [2.05, 4.69) is 19.1 Å². The van der Waals surface area contributed by atoms with Crippen LogP contribution in [0.2, 0.25) is 0 Å². The minimum atomic E-state index is -1.02. The standard InChI is InChI=1S/C26H50O5/c1-4-6-7-8-9-10-11-12-13-14-15-16-17-18-19-20-25(29)31-24(21-27)22(3)26(30)23(28)5-2/h12-13,22-24,26-28,30H,4-11,14-21H2,1-3H3/b13-12-/t22-,23+,24-,26+/m1/s1. The molecule has 0 aliphatic carbocycles. The van der Waals surface area contributed by atoms with Gasteiger partial charge < -0.3 is 20.1 Å². The van der Waals surface area contributed by atoms with Gasteiger partial charge in [-0.1, -0.05) is 84.3 Å². The predicted octanol–water partition coefficient (Wildman–Crippen LogP) is 5.70. The lowest BCUT2D eigenvalue weighted by Crippen LogP contribution is -2.41. The third-order valence-corrected chi connectivity index (χ3v) is 6.04. The van der Waals surface area contributed by atoms with Crippen molar-refractivity contribution < 1.29 is 24.9 Å². The minimum absolute atomic E-state index is 0.327. The van der Waals surface area contributed by atoms with E-state index < -0.39 is 24.2 Å². The number of hydrogen-bond acceptors (Lipinski definition) is 5. The van der Waals surface area contributed by atoms with Gasteiger partial charge in [-0.2, -0.15) is 0 Å². The Morgan fingerprint density at radius 1 is 0.839 bits per heavy atom. The lowest BCUT2D eigenvalue weighted by Gasteiger charge is -2.29. The Kier molecular flexibility index (Phi) is 20.3. The van der Waals surface area contributed by atoms with Crippen LogP contribution in [-0.2, 0) is 9.53 Å². The van der Waals surface area contributed by atoms with Crippen LogP contribution < -0.4 is 0 Å².